The minimum absolute atomic E-state index is 0.00704. The molecule has 0 radical (unpaired) electrons. The summed E-state index contributed by atoms with van der Waals surface area (Å²) in [7, 11) is -3.32. The van der Waals surface area contributed by atoms with Crippen LogP contribution in [0.2, 0.25) is 5.02 Å². The van der Waals surface area contributed by atoms with Gasteiger partial charge in [0.2, 0.25) is 0 Å². The number of carbonyl (C=O) groups excluding carboxylic acids is 1. The first-order valence-corrected chi connectivity index (χ1v) is 12.2. The van der Waals surface area contributed by atoms with Crippen LogP contribution in [-0.2, 0) is 26.1 Å². The third-order valence-electron chi connectivity index (χ3n) is 4.56. The van der Waals surface area contributed by atoms with E-state index in [1.165, 1.54) is 23.5 Å². The third kappa shape index (κ3) is 5.30. The molecular weight excluding hydrogens is 458 g/mol. The molecule has 0 atom stereocenters. The molecule has 1 aromatic heterocycles. The summed E-state index contributed by atoms with van der Waals surface area (Å²) < 4.78 is 24.9. The second-order valence-electron chi connectivity index (χ2n) is 6.90. The smallest absolute Gasteiger partial charge is 0.280 e. The molecule has 1 amide bonds. The van der Waals surface area contributed by atoms with Crippen LogP contribution in [0.5, 0.6) is 0 Å². The van der Waals surface area contributed by atoms with Crippen LogP contribution in [0.1, 0.15) is 24.0 Å². The number of hydrogen-bond acceptors (Lipinski definition) is 7. The van der Waals surface area contributed by atoms with Crippen molar-refractivity contribution < 1.29 is 18.0 Å². The maximum atomic E-state index is 12.8. The molecule has 4 rings (SSSR count). The average molecular weight is 476 g/mol. The van der Waals surface area contributed by atoms with Gasteiger partial charge < -0.3 is 4.84 Å². The lowest BCUT2D eigenvalue weighted by Crippen LogP contribution is -2.24. The topological polar surface area (TPSA) is 97.7 Å². The molecule has 7 nitrogen and oxygen atoms in total. The molecule has 160 valence electrons. The largest absolute Gasteiger partial charge is 0.390 e. The van der Waals surface area contributed by atoms with E-state index in [2.05, 4.69) is 15.5 Å². The summed E-state index contributed by atoms with van der Waals surface area (Å²) in [6, 6.07) is 13.2. The van der Waals surface area contributed by atoms with Gasteiger partial charge in [0.1, 0.15) is 6.61 Å². The Hall–Kier alpha value is -2.75. The number of aromatic nitrogens is 1. The van der Waals surface area contributed by atoms with Gasteiger partial charge in [0.25, 0.3) is 5.91 Å². The normalized spacial score (nSPS) is 14.3. The van der Waals surface area contributed by atoms with Gasteiger partial charge >= 0.3 is 0 Å². The predicted molar refractivity (Wildman–Crippen MR) is 120 cm³/mol. The highest BCUT2D eigenvalue weighted by Gasteiger charge is 2.36. The molecule has 3 aromatic rings. The third-order valence-corrected chi connectivity index (χ3v) is 7.77. The lowest BCUT2D eigenvalue weighted by atomic mass is 10.1. The second-order valence-corrected chi connectivity index (χ2v) is 10.5. The first-order valence-electron chi connectivity index (χ1n) is 9.43. The summed E-state index contributed by atoms with van der Waals surface area (Å²) in [6.45, 7) is 0.114. The lowest BCUT2D eigenvalue weighted by Gasteiger charge is -2.09. The molecule has 0 aliphatic heterocycles. The summed E-state index contributed by atoms with van der Waals surface area (Å²) in [4.78, 5) is 22.5. The highest BCUT2D eigenvalue weighted by molar-refractivity contribution is 7.92. The Kier molecular flexibility index (Phi) is 6.35. The second kappa shape index (κ2) is 9.17. The molecule has 1 N–H and O–H groups in total. The van der Waals surface area contributed by atoms with Crippen molar-refractivity contribution in [2.24, 2.45) is 5.16 Å². The van der Waals surface area contributed by atoms with E-state index in [0.717, 1.165) is 5.56 Å². The fourth-order valence-electron chi connectivity index (χ4n) is 2.84. The Morgan fingerprint density at radius 2 is 2.00 bits per heavy atom. The van der Waals surface area contributed by atoms with Crippen LogP contribution in [0.15, 0.2) is 70.2 Å². The van der Waals surface area contributed by atoms with Crippen LogP contribution < -0.4 is 5.32 Å². The number of sulfone groups is 1. The molecule has 2 aromatic carbocycles. The first-order chi connectivity index (χ1) is 14.9. The average Bonchev–Trinajstić information content (AvgIpc) is 3.50. The fourth-order valence-corrected chi connectivity index (χ4v) is 5.23. The summed E-state index contributed by atoms with van der Waals surface area (Å²) in [5.41, 5.74) is 1.23. The molecule has 1 aliphatic rings. The van der Waals surface area contributed by atoms with Crippen molar-refractivity contribution in [3.8, 4) is 0 Å². The molecule has 0 bridgehead atoms. The van der Waals surface area contributed by atoms with E-state index in [9.17, 15) is 13.2 Å². The number of nitrogens with one attached hydrogen (secondary N) is 1. The highest BCUT2D eigenvalue weighted by atomic mass is 35.5. The summed E-state index contributed by atoms with van der Waals surface area (Å²) in [6.07, 6.45) is 2.94. The Labute approximate surface area is 188 Å². The SMILES string of the molecule is O=C(Nc1nccs1)C(=NOCc1cccc(Cl)c1)c1ccc(S(=O)(=O)C2CC2)cc1. The van der Waals surface area contributed by atoms with Gasteiger partial charge in [-0.3, -0.25) is 10.1 Å². The summed E-state index contributed by atoms with van der Waals surface area (Å²) >= 11 is 7.25. The summed E-state index contributed by atoms with van der Waals surface area (Å²) in [5.74, 6) is -0.515. The van der Waals surface area contributed by atoms with E-state index >= 15 is 0 Å². The minimum atomic E-state index is -3.32. The molecule has 1 fully saturated rings. The molecule has 0 saturated heterocycles. The number of amides is 1. The van der Waals surface area contributed by atoms with Crippen molar-refractivity contribution in [2.75, 3.05) is 5.32 Å². The Balaban J connectivity index is 1.57. The van der Waals surface area contributed by atoms with Gasteiger partial charge in [0.05, 0.1) is 10.1 Å². The predicted octanol–water partition coefficient (Wildman–Crippen LogP) is 4.29. The van der Waals surface area contributed by atoms with Gasteiger partial charge in [-0.25, -0.2) is 13.4 Å². The molecule has 1 heterocycles. The maximum Gasteiger partial charge on any atom is 0.280 e. The number of hydrogen-bond donors (Lipinski definition) is 1. The van der Waals surface area contributed by atoms with Crippen LogP contribution >= 0.6 is 22.9 Å². The van der Waals surface area contributed by atoms with Crippen LogP contribution in [0.4, 0.5) is 5.13 Å². The Bertz CT molecular complexity index is 1210. The van der Waals surface area contributed by atoms with Gasteiger partial charge in [-0.1, -0.05) is 41.0 Å². The standard InChI is InChI=1S/C21H18ClN3O4S2/c22-16-3-1-2-14(12-16)13-29-25-19(20(26)24-21-23-10-11-30-21)15-4-6-17(7-5-15)31(27,28)18-8-9-18/h1-7,10-12,18H,8-9,13H2,(H,23,24,26). The molecule has 1 aliphatic carbocycles. The number of benzene rings is 2. The Morgan fingerprint density at radius 3 is 2.65 bits per heavy atom. The van der Waals surface area contributed by atoms with Gasteiger partial charge in [-0.2, -0.15) is 0 Å². The van der Waals surface area contributed by atoms with E-state index in [0.29, 0.717) is 28.6 Å². The lowest BCUT2D eigenvalue weighted by molar-refractivity contribution is -0.110. The Morgan fingerprint density at radius 1 is 1.23 bits per heavy atom. The van der Waals surface area contributed by atoms with Gasteiger partial charge in [-0.15, -0.1) is 11.3 Å². The molecule has 0 unspecified atom stereocenters. The van der Waals surface area contributed by atoms with Crippen molar-refractivity contribution >= 4 is 49.5 Å². The van der Waals surface area contributed by atoms with Crippen LogP contribution in [0, 0.1) is 0 Å². The molecule has 10 heteroatoms. The molecule has 31 heavy (non-hydrogen) atoms. The van der Waals surface area contributed by atoms with E-state index in [1.54, 1.807) is 41.9 Å². The number of oxime groups is 1. The van der Waals surface area contributed by atoms with Gasteiger partial charge in [-0.05, 0) is 42.7 Å². The number of anilines is 1. The van der Waals surface area contributed by atoms with Crippen molar-refractivity contribution in [2.45, 2.75) is 29.6 Å². The maximum absolute atomic E-state index is 12.8. The van der Waals surface area contributed by atoms with E-state index in [1.807, 2.05) is 6.07 Å². The molecular formula is C21H18ClN3O4S2. The van der Waals surface area contributed by atoms with E-state index < -0.39 is 15.7 Å². The minimum Gasteiger partial charge on any atom is -0.390 e. The monoisotopic (exact) mass is 475 g/mol. The van der Waals surface area contributed by atoms with Crippen molar-refractivity contribution in [3.05, 3.63) is 76.3 Å². The number of carbonyl (C=O) groups is 1. The van der Waals surface area contributed by atoms with Crippen LogP contribution in [-0.4, -0.2) is 30.3 Å². The van der Waals surface area contributed by atoms with Crippen LogP contribution in [0.25, 0.3) is 0 Å². The quantitative estimate of drug-likeness (QED) is 0.387. The highest BCUT2D eigenvalue weighted by Crippen LogP contribution is 2.33. The zero-order chi connectivity index (χ0) is 21.8. The number of halogens is 1. The van der Waals surface area contributed by atoms with Gasteiger partial charge in [0.15, 0.2) is 20.7 Å². The zero-order valence-corrected chi connectivity index (χ0v) is 18.6. The number of nitrogens with zero attached hydrogens (tertiary/aromatic N) is 2. The fraction of sp³-hybridized carbons (Fsp3) is 0.190. The van der Waals surface area contributed by atoms with Crippen LogP contribution in [0.3, 0.4) is 0 Å². The molecule has 1 saturated carbocycles. The number of thiazole rings is 1. The molecule has 0 spiro atoms. The van der Waals surface area contributed by atoms with E-state index in [4.69, 9.17) is 16.4 Å². The summed E-state index contributed by atoms with van der Waals surface area (Å²) in [5, 5.41) is 9.11. The van der Waals surface area contributed by atoms with Gasteiger partial charge in [0, 0.05) is 22.2 Å². The van der Waals surface area contributed by atoms with Crippen molar-refractivity contribution in [1.82, 2.24) is 4.98 Å². The van der Waals surface area contributed by atoms with Crippen molar-refractivity contribution in [3.63, 3.8) is 0 Å². The number of rotatable bonds is 8. The first kappa shape index (κ1) is 21.5. The van der Waals surface area contributed by atoms with Crippen molar-refractivity contribution in [1.29, 1.82) is 0 Å². The zero-order valence-electron chi connectivity index (χ0n) is 16.2. The van der Waals surface area contributed by atoms with E-state index in [-0.39, 0.29) is 22.5 Å².